The molecule has 146 valence electrons. The first-order valence-electron chi connectivity index (χ1n) is 9.79. The molecule has 6 nitrogen and oxygen atoms in total. The minimum Gasteiger partial charge on any atom is -0.326 e. The number of carbonyl (C=O) groups is 1. The van der Waals surface area contributed by atoms with Crippen molar-refractivity contribution in [2.45, 2.75) is 33.1 Å². The van der Waals surface area contributed by atoms with Crippen LogP contribution in [0.5, 0.6) is 0 Å². The van der Waals surface area contributed by atoms with Gasteiger partial charge in [-0.05, 0) is 55.2 Å². The van der Waals surface area contributed by atoms with Gasteiger partial charge in [0.15, 0.2) is 11.5 Å². The maximum atomic E-state index is 12.4. The van der Waals surface area contributed by atoms with Gasteiger partial charge in [0, 0.05) is 17.7 Å². The van der Waals surface area contributed by atoms with Crippen LogP contribution in [0.25, 0.3) is 16.9 Å². The molecule has 0 aliphatic rings. The SMILES string of the molecule is CCc1ccc(CCC(=O)Nc2cccc(-c3ccc4nnc(C)n4n3)c2)cc1. The fraction of sp³-hybridized carbons (Fsp3) is 0.217. The molecule has 0 fully saturated rings. The summed E-state index contributed by atoms with van der Waals surface area (Å²) in [6, 6.07) is 19.9. The third-order valence-corrected chi connectivity index (χ3v) is 4.93. The van der Waals surface area contributed by atoms with Crippen LogP contribution in [0.4, 0.5) is 5.69 Å². The molecule has 0 radical (unpaired) electrons. The van der Waals surface area contributed by atoms with E-state index in [2.05, 4.69) is 51.8 Å². The second kappa shape index (κ2) is 8.22. The fourth-order valence-electron chi connectivity index (χ4n) is 3.23. The molecule has 0 aliphatic carbocycles. The summed E-state index contributed by atoms with van der Waals surface area (Å²) in [5.41, 5.74) is 5.68. The molecule has 1 amide bonds. The van der Waals surface area contributed by atoms with Crippen molar-refractivity contribution in [1.29, 1.82) is 0 Å². The molecule has 0 atom stereocenters. The molecule has 0 saturated carbocycles. The van der Waals surface area contributed by atoms with E-state index in [4.69, 9.17) is 0 Å². The summed E-state index contributed by atoms with van der Waals surface area (Å²) in [5, 5.41) is 15.7. The van der Waals surface area contributed by atoms with Crippen LogP contribution in [0, 0.1) is 6.92 Å². The number of carbonyl (C=O) groups excluding carboxylic acids is 1. The normalized spacial score (nSPS) is 11.0. The number of anilines is 1. The van der Waals surface area contributed by atoms with Crippen LogP contribution in [0.1, 0.15) is 30.3 Å². The van der Waals surface area contributed by atoms with Crippen LogP contribution in [-0.4, -0.2) is 25.7 Å². The number of aryl methyl sites for hydroxylation is 3. The highest BCUT2D eigenvalue weighted by Crippen LogP contribution is 2.21. The third-order valence-electron chi connectivity index (χ3n) is 4.93. The lowest BCUT2D eigenvalue weighted by atomic mass is 10.1. The molecule has 0 saturated heterocycles. The van der Waals surface area contributed by atoms with Gasteiger partial charge in [-0.2, -0.15) is 9.61 Å². The Hall–Kier alpha value is -3.54. The second-order valence-corrected chi connectivity index (χ2v) is 7.03. The molecule has 6 heteroatoms. The summed E-state index contributed by atoms with van der Waals surface area (Å²) in [7, 11) is 0. The van der Waals surface area contributed by atoms with Crippen LogP contribution in [0.15, 0.2) is 60.7 Å². The van der Waals surface area contributed by atoms with Gasteiger partial charge in [-0.1, -0.05) is 43.3 Å². The predicted molar refractivity (Wildman–Crippen MR) is 114 cm³/mol. The van der Waals surface area contributed by atoms with Crippen molar-refractivity contribution in [1.82, 2.24) is 19.8 Å². The van der Waals surface area contributed by atoms with Crippen LogP contribution < -0.4 is 5.32 Å². The largest absolute Gasteiger partial charge is 0.326 e. The summed E-state index contributed by atoms with van der Waals surface area (Å²) in [6.07, 6.45) is 2.19. The van der Waals surface area contributed by atoms with E-state index in [-0.39, 0.29) is 5.91 Å². The van der Waals surface area contributed by atoms with Crippen LogP contribution in [0.3, 0.4) is 0 Å². The van der Waals surface area contributed by atoms with Gasteiger partial charge in [0.05, 0.1) is 5.69 Å². The number of amides is 1. The van der Waals surface area contributed by atoms with Crippen molar-refractivity contribution in [3.8, 4) is 11.3 Å². The number of nitrogens with one attached hydrogen (secondary N) is 1. The number of hydrogen-bond donors (Lipinski definition) is 1. The zero-order valence-corrected chi connectivity index (χ0v) is 16.6. The summed E-state index contributed by atoms with van der Waals surface area (Å²) in [4.78, 5) is 12.4. The first kappa shape index (κ1) is 18.8. The third kappa shape index (κ3) is 4.32. The van der Waals surface area contributed by atoms with Crippen molar-refractivity contribution in [3.05, 3.63) is 77.6 Å². The van der Waals surface area contributed by atoms with Gasteiger partial charge >= 0.3 is 0 Å². The molecule has 0 bridgehead atoms. The van der Waals surface area contributed by atoms with Crippen LogP contribution >= 0.6 is 0 Å². The second-order valence-electron chi connectivity index (χ2n) is 7.03. The van der Waals surface area contributed by atoms with E-state index in [1.165, 1.54) is 11.1 Å². The number of rotatable bonds is 6. The molecule has 0 unspecified atom stereocenters. The lowest BCUT2D eigenvalue weighted by molar-refractivity contribution is -0.116. The molecule has 4 rings (SSSR count). The Morgan fingerprint density at radius 3 is 2.59 bits per heavy atom. The number of hydrogen-bond acceptors (Lipinski definition) is 4. The lowest BCUT2D eigenvalue weighted by Gasteiger charge is -2.08. The van der Waals surface area contributed by atoms with Gasteiger partial charge in [0.2, 0.25) is 5.91 Å². The maximum absolute atomic E-state index is 12.4. The first-order chi connectivity index (χ1) is 14.1. The van der Waals surface area contributed by atoms with E-state index in [9.17, 15) is 4.79 Å². The highest BCUT2D eigenvalue weighted by Gasteiger charge is 2.08. The average Bonchev–Trinajstić information content (AvgIpc) is 3.13. The Morgan fingerprint density at radius 1 is 1.00 bits per heavy atom. The average molecular weight is 385 g/mol. The summed E-state index contributed by atoms with van der Waals surface area (Å²) >= 11 is 0. The molecule has 1 N–H and O–H groups in total. The minimum atomic E-state index is -0.000201. The number of nitrogens with zero attached hydrogens (tertiary/aromatic N) is 4. The van der Waals surface area contributed by atoms with Crippen molar-refractivity contribution in [2.24, 2.45) is 0 Å². The highest BCUT2D eigenvalue weighted by molar-refractivity contribution is 5.91. The smallest absolute Gasteiger partial charge is 0.224 e. The zero-order valence-electron chi connectivity index (χ0n) is 16.6. The summed E-state index contributed by atoms with van der Waals surface area (Å²) < 4.78 is 1.71. The molecule has 0 spiro atoms. The molecular formula is C23H23N5O. The number of benzene rings is 2. The van der Waals surface area contributed by atoms with E-state index in [0.717, 1.165) is 35.6 Å². The predicted octanol–water partition coefficient (Wildman–Crippen LogP) is 4.23. The Morgan fingerprint density at radius 2 is 1.79 bits per heavy atom. The van der Waals surface area contributed by atoms with Gasteiger partial charge in [-0.25, -0.2) is 0 Å². The number of fused-ring (bicyclic) bond motifs is 1. The zero-order chi connectivity index (χ0) is 20.2. The van der Waals surface area contributed by atoms with Gasteiger partial charge < -0.3 is 5.32 Å². The molecule has 29 heavy (non-hydrogen) atoms. The Bertz CT molecular complexity index is 1150. The van der Waals surface area contributed by atoms with E-state index >= 15 is 0 Å². The van der Waals surface area contributed by atoms with Crippen molar-refractivity contribution < 1.29 is 4.79 Å². The van der Waals surface area contributed by atoms with Gasteiger partial charge in [-0.3, -0.25) is 4.79 Å². The van der Waals surface area contributed by atoms with E-state index in [1.54, 1.807) is 4.52 Å². The summed E-state index contributed by atoms with van der Waals surface area (Å²) in [6.45, 7) is 4.00. The van der Waals surface area contributed by atoms with Crippen LogP contribution in [0.2, 0.25) is 0 Å². The highest BCUT2D eigenvalue weighted by atomic mass is 16.1. The van der Waals surface area contributed by atoms with Gasteiger partial charge in [0.25, 0.3) is 0 Å². The van der Waals surface area contributed by atoms with E-state index in [1.807, 2.05) is 43.3 Å². The first-order valence-corrected chi connectivity index (χ1v) is 9.79. The van der Waals surface area contributed by atoms with Crippen molar-refractivity contribution in [2.75, 3.05) is 5.32 Å². The van der Waals surface area contributed by atoms with Crippen molar-refractivity contribution in [3.63, 3.8) is 0 Å². The van der Waals surface area contributed by atoms with Gasteiger partial charge in [-0.15, -0.1) is 10.2 Å². The Balaban J connectivity index is 1.43. The molecule has 2 aromatic carbocycles. The molecule has 0 aliphatic heterocycles. The fourth-order valence-corrected chi connectivity index (χ4v) is 3.23. The molecular weight excluding hydrogens is 362 g/mol. The van der Waals surface area contributed by atoms with Crippen LogP contribution in [-0.2, 0) is 17.6 Å². The lowest BCUT2D eigenvalue weighted by Crippen LogP contribution is -2.12. The summed E-state index contributed by atoms with van der Waals surface area (Å²) in [5.74, 6) is 0.734. The van der Waals surface area contributed by atoms with Gasteiger partial charge in [0.1, 0.15) is 0 Å². The minimum absolute atomic E-state index is 0.000201. The number of aromatic nitrogens is 4. The standard InChI is InChI=1S/C23H23N5O/c1-3-17-7-9-18(10-8-17)11-14-23(29)24-20-6-4-5-19(15-20)21-12-13-22-26-25-16(2)28(22)27-21/h4-10,12-13,15H,3,11,14H2,1-2H3,(H,24,29). The topological polar surface area (TPSA) is 72.2 Å². The molecule has 2 heterocycles. The molecule has 2 aromatic heterocycles. The Labute approximate surface area is 169 Å². The van der Waals surface area contributed by atoms with E-state index in [0.29, 0.717) is 12.1 Å². The Kier molecular flexibility index (Phi) is 5.33. The van der Waals surface area contributed by atoms with Crippen molar-refractivity contribution >= 4 is 17.2 Å². The van der Waals surface area contributed by atoms with E-state index < -0.39 is 0 Å². The molecule has 4 aromatic rings. The monoisotopic (exact) mass is 385 g/mol. The maximum Gasteiger partial charge on any atom is 0.224 e. The quantitative estimate of drug-likeness (QED) is 0.539.